The van der Waals surface area contributed by atoms with Crippen LogP contribution in [0, 0.1) is 0 Å². The molecule has 0 unspecified atom stereocenters. The third kappa shape index (κ3) is 4.17. The first kappa shape index (κ1) is 30.5. The number of para-hydroxylation sites is 4. The van der Waals surface area contributed by atoms with Gasteiger partial charge in [-0.25, -0.2) is 9.97 Å². The van der Waals surface area contributed by atoms with Gasteiger partial charge >= 0.3 is 0 Å². The number of aromatic nitrogens is 4. The predicted molar refractivity (Wildman–Crippen MR) is 239 cm³/mol. The van der Waals surface area contributed by atoms with Crippen LogP contribution in [0.2, 0.25) is 0 Å². The van der Waals surface area contributed by atoms with Crippen LogP contribution in [0.25, 0.3) is 118 Å². The molecule has 0 amide bonds. The van der Waals surface area contributed by atoms with Gasteiger partial charge < -0.3 is 4.57 Å². The largest absolute Gasteiger partial charge is 0.309 e. The van der Waals surface area contributed by atoms with Crippen LogP contribution in [0.1, 0.15) is 0 Å². The zero-order valence-electron chi connectivity index (χ0n) is 29.8. The molecule has 0 spiro atoms. The summed E-state index contributed by atoms with van der Waals surface area (Å²) in [6.45, 7) is 0. The predicted octanol–water partition coefficient (Wildman–Crippen LogP) is 14.2. The lowest BCUT2D eigenvalue weighted by molar-refractivity contribution is 1.08. The van der Waals surface area contributed by atoms with Crippen LogP contribution in [-0.4, -0.2) is 19.1 Å². The van der Waals surface area contributed by atoms with Crippen LogP contribution in [0.5, 0.6) is 0 Å². The minimum absolute atomic E-state index is 0.838. The van der Waals surface area contributed by atoms with Gasteiger partial charge in [0.15, 0.2) is 5.82 Å². The average Bonchev–Trinajstić information content (AvgIpc) is 4.00. The van der Waals surface area contributed by atoms with Crippen LogP contribution < -0.4 is 0 Å². The van der Waals surface area contributed by atoms with Crippen LogP contribution in [0.15, 0.2) is 170 Å². The molecule has 5 heterocycles. The van der Waals surface area contributed by atoms with Crippen molar-refractivity contribution in [1.29, 1.82) is 0 Å². The fraction of sp³-hybridized carbons (Fsp3) is 0. The van der Waals surface area contributed by atoms with E-state index in [1.165, 1.54) is 84.1 Å². The Morgan fingerprint density at radius 1 is 0.375 bits per heavy atom. The van der Waals surface area contributed by atoms with Gasteiger partial charge in [-0.2, -0.15) is 0 Å². The normalized spacial score (nSPS) is 12.3. The molecule has 5 aromatic heterocycles. The van der Waals surface area contributed by atoms with Gasteiger partial charge in [0.25, 0.3) is 0 Å². The molecule has 13 rings (SSSR count). The van der Waals surface area contributed by atoms with E-state index in [9.17, 15) is 0 Å². The average molecular weight is 749 g/mol. The van der Waals surface area contributed by atoms with Gasteiger partial charge in [0, 0.05) is 68.4 Å². The van der Waals surface area contributed by atoms with Crippen molar-refractivity contribution in [3.05, 3.63) is 170 Å². The molecule has 260 valence electrons. The molecule has 6 heteroatoms. The van der Waals surface area contributed by atoms with Gasteiger partial charge in [0.2, 0.25) is 0 Å². The third-order valence-corrected chi connectivity index (χ3v) is 13.8. The molecular formula is C50H28N4S2. The fourth-order valence-electron chi connectivity index (χ4n) is 9.03. The zero-order chi connectivity index (χ0) is 36.5. The van der Waals surface area contributed by atoms with Gasteiger partial charge in [0.1, 0.15) is 5.69 Å². The molecular weight excluding hydrogens is 721 g/mol. The summed E-state index contributed by atoms with van der Waals surface area (Å²) in [5.41, 5.74) is 9.56. The summed E-state index contributed by atoms with van der Waals surface area (Å²) in [7, 11) is 0. The van der Waals surface area contributed by atoms with Gasteiger partial charge in [-0.05, 0) is 60.7 Å². The second-order valence-electron chi connectivity index (χ2n) is 14.5. The molecule has 0 fully saturated rings. The molecule has 0 bridgehead atoms. The highest BCUT2D eigenvalue weighted by atomic mass is 32.1. The summed E-state index contributed by atoms with van der Waals surface area (Å²) < 4.78 is 9.98. The number of nitrogens with zero attached hydrogens (tertiary/aromatic N) is 4. The Kier molecular flexibility index (Phi) is 6.17. The van der Waals surface area contributed by atoms with E-state index in [2.05, 4.69) is 167 Å². The van der Waals surface area contributed by atoms with Crippen molar-refractivity contribution in [2.75, 3.05) is 0 Å². The van der Waals surface area contributed by atoms with Crippen molar-refractivity contribution in [3.8, 4) is 22.8 Å². The molecule has 0 saturated carbocycles. The van der Waals surface area contributed by atoms with Crippen LogP contribution in [-0.2, 0) is 0 Å². The lowest BCUT2D eigenvalue weighted by Gasteiger charge is -2.14. The van der Waals surface area contributed by atoms with Crippen LogP contribution in [0.3, 0.4) is 0 Å². The summed E-state index contributed by atoms with van der Waals surface area (Å²) in [6.07, 6.45) is 0. The Bertz CT molecular complexity index is 3770. The number of benzene rings is 8. The summed E-state index contributed by atoms with van der Waals surface area (Å²) in [6, 6.07) is 61.4. The maximum Gasteiger partial charge on any atom is 0.165 e. The van der Waals surface area contributed by atoms with E-state index in [0.717, 1.165) is 33.6 Å². The number of hydrogen-bond donors (Lipinski definition) is 0. The van der Waals surface area contributed by atoms with E-state index in [4.69, 9.17) is 9.97 Å². The molecule has 0 atom stereocenters. The smallest absolute Gasteiger partial charge is 0.165 e. The first-order chi connectivity index (χ1) is 27.8. The van der Waals surface area contributed by atoms with Crippen molar-refractivity contribution >= 4 is 118 Å². The quantitative estimate of drug-likeness (QED) is 0.180. The Morgan fingerprint density at radius 2 is 1.02 bits per heavy atom. The molecule has 56 heavy (non-hydrogen) atoms. The number of fused-ring (bicyclic) bond motifs is 14. The van der Waals surface area contributed by atoms with Gasteiger partial charge in [0.05, 0.1) is 37.8 Å². The van der Waals surface area contributed by atoms with Crippen LogP contribution in [0.4, 0.5) is 0 Å². The summed E-state index contributed by atoms with van der Waals surface area (Å²) >= 11 is 3.74. The van der Waals surface area contributed by atoms with Gasteiger partial charge in [-0.3, -0.25) is 4.57 Å². The van der Waals surface area contributed by atoms with E-state index in [0.29, 0.717) is 0 Å². The lowest BCUT2D eigenvalue weighted by atomic mass is 10.1. The Labute approximate surface area is 327 Å². The maximum atomic E-state index is 5.41. The highest BCUT2D eigenvalue weighted by molar-refractivity contribution is 7.27. The number of hydrogen-bond acceptors (Lipinski definition) is 4. The minimum atomic E-state index is 0.838. The molecule has 0 aliphatic carbocycles. The Morgan fingerprint density at radius 3 is 1.86 bits per heavy atom. The molecule has 4 nitrogen and oxygen atoms in total. The van der Waals surface area contributed by atoms with Crippen molar-refractivity contribution < 1.29 is 0 Å². The summed E-state index contributed by atoms with van der Waals surface area (Å²) in [5.74, 6) is 0.838. The van der Waals surface area contributed by atoms with E-state index in [1.807, 2.05) is 34.8 Å². The Balaban J connectivity index is 1.13. The lowest BCUT2D eigenvalue weighted by Crippen LogP contribution is -2.03. The molecule has 0 aliphatic rings. The molecule has 13 aromatic rings. The molecule has 0 aliphatic heterocycles. The summed E-state index contributed by atoms with van der Waals surface area (Å²) in [5, 5.41) is 10.1. The first-order valence-corrected chi connectivity index (χ1v) is 20.5. The van der Waals surface area contributed by atoms with Crippen molar-refractivity contribution in [3.63, 3.8) is 0 Å². The highest BCUT2D eigenvalue weighted by Crippen LogP contribution is 2.46. The van der Waals surface area contributed by atoms with Crippen molar-refractivity contribution in [1.82, 2.24) is 19.1 Å². The SMILES string of the molecule is c1ccc(-c2nc3ccccc3nc2-n2c3ccccc3c3ccc4c5cc6c7ccccc7n(-c7ccc8sc9ccccc9c8c7)c6cc5sc4c32)cc1. The molecule has 8 aromatic carbocycles. The highest BCUT2D eigenvalue weighted by Gasteiger charge is 2.23. The fourth-order valence-corrected chi connectivity index (χ4v) is 11.4. The van der Waals surface area contributed by atoms with E-state index in [-0.39, 0.29) is 0 Å². The Hall–Kier alpha value is -6.86. The monoisotopic (exact) mass is 748 g/mol. The number of thiophene rings is 2. The third-order valence-electron chi connectivity index (χ3n) is 11.5. The first-order valence-electron chi connectivity index (χ1n) is 18.8. The second-order valence-corrected chi connectivity index (χ2v) is 16.7. The van der Waals surface area contributed by atoms with Gasteiger partial charge in [-0.15, -0.1) is 22.7 Å². The van der Waals surface area contributed by atoms with Gasteiger partial charge in [-0.1, -0.05) is 109 Å². The summed E-state index contributed by atoms with van der Waals surface area (Å²) in [4.78, 5) is 10.7. The minimum Gasteiger partial charge on any atom is -0.309 e. The zero-order valence-corrected chi connectivity index (χ0v) is 31.4. The topological polar surface area (TPSA) is 35.6 Å². The van der Waals surface area contributed by atoms with Crippen molar-refractivity contribution in [2.45, 2.75) is 0 Å². The maximum absolute atomic E-state index is 5.41. The van der Waals surface area contributed by atoms with E-state index >= 15 is 0 Å². The molecule has 0 saturated heterocycles. The van der Waals surface area contributed by atoms with E-state index < -0.39 is 0 Å². The van der Waals surface area contributed by atoms with Crippen molar-refractivity contribution in [2.24, 2.45) is 0 Å². The molecule has 0 radical (unpaired) electrons. The number of rotatable bonds is 3. The second kappa shape index (κ2) is 11.3. The standard InChI is InChI=1S/C50H28N4S2/c1-2-12-29(13-3-1)47-50(52-40-18-8-7-17-39(40)51-47)54-42-20-10-4-14-31(42)34-23-24-35-38-27-36-32-15-5-9-19-41(32)53(43(36)28-46(38)56-49(35)48(34)54)30-22-25-45-37(26-30)33-16-6-11-21-44(33)55-45/h1-28H. The van der Waals surface area contributed by atoms with Crippen LogP contribution >= 0.6 is 22.7 Å². The molecule has 0 N–H and O–H groups in total. The van der Waals surface area contributed by atoms with E-state index in [1.54, 1.807) is 0 Å².